The quantitative estimate of drug-likeness (QED) is 0.706. The summed E-state index contributed by atoms with van der Waals surface area (Å²) < 4.78 is 0. The Morgan fingerprint density at radius 1 is 0.923 bits per heavy atom. The first kappa shape index (κ1) is 17.7. The van der Waals surface area contributed by atoms with Crippen molar-refractivity contribution in [2.24, 2.45) is 0 Å². The first-order valence-electron chi connectivity index (χ1n) is 8.65. The largest absolute Gasteiger partial charge is 0.355 e. The Kier molecular flexibility index (Phi) is 5.32. The summed E-state index contributed by atoms with van der Waals surface area (Å²) in [5, 5.41) is 6.28. The molecular formula is C22H23N3O. The molecule has 3 aromatic rings. The number of rotatable bonds is 5. The lowest BCUT2D eigenvalue weighted by molar-refractivity contribution is 0.0946. The van der Waals surface area contributed by atoms with Crippen LogP contribution in [0.3, 0.4) is 0 Å². The lowest BCUT2D eigenvalue weighted by Crippen LogP contribution is -2.24. The number of benzene rings is 2. The fourth-order valence-electron chi connectivity index (χ4n) is 2.92. The number of aromatic nitrogens is 1. The minimum Gasteiger partial charge on any atom is -0.355 e. The average Bonchev–Trinajstić information content (AvgIpc) is 2.60. The highest BCUT2D eigenvalue weighted by molar-refractivity contribution is 5.93. The zero-order valence-electron chi connectivity index (χ0n) is 15.3. The van der Waals surface area contributed by atoms with Gasteiger partial charge in [-0.25, -0.2) is 0 Å². The summed E-state index contributed by atoms with van der Waals surface area (Å²) in [5.41, 5.74) is 6.88. The van der Waals surface area contributed by atoms with E-state index in [0.717, 1.165) is 22.5 Å². The van der Waals surface area contributed by atoms with Crippen molar-refractivity contribution in [3.63, 3.8) is 0 Å². The molecule has 4 nitrogen and oxygen atoms in total. The third-order valence-corrected chi connectivity index (χ3v) is 4.20. The molecule has 0 saturated carbocycles. The second kappa shape index (κ2) is 7.83. The molecule has 0 aliphatic heterocycles. The molecule has 4 heteroatoms. The minimum absolute atomic E-state index is 0.183. The van der Waals surface area contributed by atoms with Crippen LogP contribution < -0.4 is 10.6 Å². The number of hydrogen-bond acceptors (Lipinski definition) is 3. The second-order valence-electron chi connectivity index (χ2n) is 6.54. The van der Waals surface area contributed by atoms with Gasteiger partial charge in [0.25, 0.3) is 5.91 Å². The van der Waals surface area contributed by atoms with Gasteiger partial charge in [0.1, 0.15) is 5.69 Å². The number of nitrogens with one attached hydrogen (secondary N) is 2. The topological polar surface area (TPSA) is 54.0 Å². The number of amides is 1. The van der Waals surface area contributed by atoms with Gasteiger partial charge in [0.15, 0.2) is 0 Å². The SMILES string of the molecule is Cc1cc(C)cc(Nc2ccnc(C(=O)NCc3ccccc3C)c2)c1. The van der Waals surface area contributed by atoms with Crippen LogP contribution >= 0.6 is 0 Å². The molecular weight excluding hydrogens is 322 g/mol. The van der Waals surface area contributed by atoms with Gasteiger partial charge < -0.3 is 10.6 Å². The van der Waals surface area contributed by atoms with E-state index in [1.807, 2.05) is 37.3 Å². The maximum absolute atomic E-state index is 12.4. The highest BCUT2D eigenvalue weighted by Crippen LogP contribution is 2.20. The first-order valence-corrected chi connectivity index (χ1v) is 8.65. The van der Waals surface area contributed by atoms with Crippen LogP contribution in [-0.4, -0.2) is 10.9 Å². The van der Waals surface area contributed by atoms with Gasteiger partial charge in [-0.1, -0.05) is 30.3 Å². The van der Waals surface area contributed by atoms with E-state index in [1.165, 1.54) is 11.1 Å². The summed E-state index contributed by atoms with van der Waals surface area (Å²) in [4.78, 5) is 16.6. The van der Waals surface area contributed by atoms with Gasteiger partial charge in [-0.05, 0) is 67.3 Å². The Hall–Kier alpha value is -3.14. The third-order valence-electron chi connectivity index (χ3n) is 4.20. The van der Waals surface area contributed by atoms with Gasteiger partial charge in [-0.2, -0.15) is 0 Å². The fourth-order valence-corrected chi connectivity index (χ4v) is 2.92. The Balaban J connectivity index is 1.70. The van der Waals surface area contributed by atoms with Crippen LogP contribution in [0, 0.1) is 20.8 Å². The summed E-state index contributed by atoms with van der Waals surface area (Å²) >= 11 is 0. The number of pyridine rings is 1. The number of hydrogen-bond donors (Lipinski definition) is 2. The Bertz CT molecular complexity index is 914. The highest BCUT2D eigenvalue weighted by atomic mass is 16.1. The van der Waals surface area contributed by atoms with E-state index in [1.54, 1.807) is 12.3 Å². The van der Waals surface area contributed by atoms with Crippen molar-refractivity contribution < 1.29 is 4.79 Å². The van der Waals surface area contributed by atoms with Gasteiger partial charge in [0.05, 0.1) is 0 Å². The van der Waals surface area contributed by atoms with Gasteiger partial charge in [0.2, 0.25) is 0 Å². The summed E-state index contributed by atoms with van der Waals surface area (Å²) in [5.74, 6) is -0.183. The lowest BCUT2D eigenvalue weighted by atomic mass is 10.1. The minimum atomic E-state index is -0.183. The van der Waals surface area contributed by atoms with Crippen molar-refractivity contribution in [3.8, 4) is 0 Å². The predicted octanol–water partition coefficient (Wildman–Crippen LogP) is 4.68. The van der Waals surface area contributed by atoms with Crippen LogP contribution in [0.25, 0.3) is 0 Å². The Labute approximate surface area is 154 Å². The van der Waals surface area contributed by atoms with E-state index in [-0.39, 0.29) is 5.91 Å². The van der Waals surface area contributed by atoms with E-state index < -0.39 is 0 Å². The van der Waals surface area contributed by atoms with Crippen LogP contribution in [0.15, 0.2) is 60.8 Å². The Morgan fingerprint density at radius 2 is 1.65 bits per heavy atom. The molecule has 3 rings (SSSR count). The number of carbonyl (C=O) groups is 1. The number of aryl methyl sites for hydroxylation is 3. The van der Waals surface area contributed by atoms with E-state index in [9.17, 15) is 4.79 Å². The van der Waals surface area contributed by atoms with Gasteiger partial charge in [-0.3, -0.25) is 9.78 Å². The van der Waals surface area contributed by atoms with Crippen LogP contribution in [-0.2, 0) is 6.54 Å². The van der Waals surface area contributed by atoms with E-state index in [2.05, 4.69) is 47.7 Å². The Morgan fingerprint density at radius 3 is 2.38 bits per heavy atom. The molecule has 1 aromatic heterocycles. The number of nitrogens with zero attached hydrogens (tertiary/aromatic N) is 1. The molecule has 0 fully saturated rings. The molecule has 0 aliphatic carbocycles. The molecule has 1 heterocycles. The zero-order valence-corrected chi connectivity index (χ0v) is 15.3. The van der Waals surface area contributed by atoms with Crippen molar-refractivity contribution in [2.45, 2.75) is 27.3 Å². The standard InChI is InChI=1S/C22H23N3O/c1-15-10-16(2)12-20(11-15)25-19-8-9-23-21(13-19)22(26)24-14-18-7-5-4-6-17(18)3/h4-13H,14H2,1-3H3,(H,23,25)(H,24,26). The summed E-state index contributed by atoms with van der Waals surface area (Å²) in [6.45, 7) is 6.65. The molecule has 0 aliphatic rings. The summed E-state index contributed by atoms with van der Waals surface area (Å²) in [7, 11) is 0. The normalized spacial score (nSPS) is 10.4. The zero-order chi connectivity index (χ0) is 18.5. The maximum Gasteiger partial charge on any atom is 0.270 e. The van der Waals surface area contributed by atoms with Crippen molar-refractivity contribution in [2.75, 3.05) is 5.32 Å². The lowest BCUT2D eigenvalue weighted by Gasteiger charge is -2.11. The number of carbonyl (C=O) groups excluding carboxylic acids is 1. The molecule has 0 unspecified atom stereocenters. The van der Waals surface area contributed by atoms with Crippen molar-refractivity contribution in [1.29, 1.82) is 0 Å². The van der Waals surface area contributed by atoms with E-state index in [4.69, 9.17) is 0 Å². The highest BCUT2D eigenvalue weighted by Gasteiger charge is 2.09. The fraction of sp³-hybridized carbons (Fsp3) is 0.182. The molecule has 1 amide bonds. The van der Waals surface area contributed by atoms with Crippen LogP contribution in [0.2, 0.25) is 0 Å². The molecule has 2 N–H and O–H groups in total. The molecule has 0 atom stereocenters. The second-order valence-corrected chi connectivity index (χ2v) is 6.54. The third kappa shape index (κ3) is 4.48. The predicted molar refractivity (Wildman–Crippen MR) is 106 cm³/mol. The van der Waals surface area contributed by atoms with Gasteiger partial charge in [-0.15, -0.1) is 0 Å². The van der Waals surface area contributed by atoms with E-state index >= 15 is 0 Å². The summed E-state index contributed by atoms with van der Waals surface area (Å²) in [6.07, 6.45) is 1.65. The molecule has 132 valence electrons. The van der Waals surface area contributed by atoms with Crippen molar-refractivity contribution in [3.05, 3.63) is 88.7 Å². The van der Waals surface area contributed by atoms with Crippen molar-refractivity contribution in [1.82, 2.24) is 10.3 Å². The van der Waals surface area contributed by atoms with E-state index in [0.29, 0.717) is 12.2 Å². The van der Waals surface area contributed by atoms with Crippen LogP contribution in [0.1, 0.15) is 32.7 Å². The maximum atomic E-state index is 12.4. The average molecular weight is 345 g/mol. The molecule has 0 radical (unpaired) electrons. The molecule has 26 heavy (non-hydrogen) atoms. The molecule has 0 spiro atoms. The summed E-state index contributed by atoms with van der Waals surface area (Å²) in [6, 6.07) is 17.9. The monoisotopic (exact) mass is 345 g/mol. The van der Waals surface area contributed by atoms with Crippen LogP contribution in [0.5, 0.6) is 0 Å². The van der Waals surface area contributed by atoms with Crippen LogP contribution in [0.4, 0.5) is 11.4 Å². The van der Waals surface area contributed by atoms with Crippen molar-refractivity contribution >= 4 is 17.3 Å². The molecule has 2 aromatic carbocycles. The molecule has 0 bridgehead atoms. The smallest absolute Gasteiger partial charge is 0.270 e. The molecule has 0 saturated heterocycles. The van der Waals surface area contributed by atoms with Gasteiger partial charge >= 0.3 is 0 Å². The number of anilines is 2. The first-order chi connectivity index (χ1) is 12.5. The van der Waals surface area contributed by atoms with Gasteiger partial charge in [0, 0.05) is 24.1 Å².